The Labute approximate surface area is 205 Å². The highest BCUT2D eigenvalue weighted by Crippen LogP contribution is 2.16. The van der Waals surface area contributed by atoms with Crippen molar-refractivity contribution < 1.29 is 29.0 Å². The number of benzene rings is 2. The van der Waals surface area contributed by atoms with Gasteiger partial charge in [0.05, 0.1) is 0 Å². The number of aliphatic carboxylic acids is 1. The summed E-state index contributed by atoms with van der Waals surface area (Å²) >= 11 is 0. The van der Waals surface area contributed by atoms with Crippen LogP contribution >= 0.6 is 0 Å². The van der Waals surface area contributed by atoms with E-state index >= 15 is 0 Å². The summed E-state index contributed by atoms with van der Waals surface area (Å²) in [4.78, 5) is 48.4. The number of carbonyl (C=O) groups is 4. The molecular weight excluding hydrogens is 450 g/mol. The second-order valence-corrected chi connectivity index (χ2v) is 8.67. The van der Waals surface area contributed by atoms with E-state index in [9.17, 15) is 19.2 Å². The lowest BCUT2D eigenvalue weighted by Gasteiger charge is -2.26. The number of carboxylic acids is 1. The Morgan fingerprint density at radius 2 is 1.46 bits per heavy atom. The number of rotatable bonds is 12. The standard InChI is InChI=1S/C26H33N3O6/c1-16(2)23(25(32)27-17(3)26(33)34)29-24(31)22(28-18(4)30)14-19-10-12-21(13-11-19)35-15-20-8-6-5-7-9-20/h5-13,16-17,22-23H,14-15H2,1-4H3,(H,27,32)(H,28,30)(H,29,31)(H,33,34)/t17-,22?,23-/m1/s1. The Hall–Kier alpha value is -3.88. The van der Waals surface area contributed by atoms with Gasteiger partial charge in [-0.25, -0.2) is 0 Å². The first-order valence-electron chi connectivity index (χ1n) is 11.4. The molecule has 1 unspecified atom stereocenters. The molecule has 35 heavy (non-hydrogen) atoms. The summed E-state index contributed by atoms with van der Waals surface area (Å²) in [6.07, 6.45) is 0.197. The summed E-state index contributed by atoms with van der Waals surface area (Å²) in [5.74, 6) is -2.36. The predicted molar refractivity (Wildman–Crippen MR) is 131 cm³/mol. The van der Waals surface area contributed by atoms with E-state index in [4.69, 9.17) is 9.84 Å². The first kappa shape index (κ1) is 27.4. The van der Waals surface area contributed by atoms with E-state index in [1.165, 1.54) is 13.8 Å². The van der Waals surface area contributed by atoms with Crippen molar-refractivity contribution in [1.82, 2.24) is 16.0 Å². The molecule has 0 spiro atoms. The van der Waals surface area contributed by atoms with Crippen LogP contribution < -0.4 is 20.7 Å². The average molecular weight is 484 g/mol. The summed E-state index contributed by atoms with van der Waals surface area (Å²) in [5.41, 5.74) is 1.83. The van der Waals surface area contributed by atoms with Gasteiger partial charge < -0.3 is 25.8 Å². The van der Waals surface area contributed by atoms with E-state index in [1.807, 2.05) is 42.5 Å². The molecule has 0 bridgehead atoms. The smallest absolute Gasteiger partial charge is 0.325 e. The molecule has 0 fully saturated rings. The zero-order valence-corrected chi connectivity index (χ0v) is 20.4. The molecule has 2 aromatic rings. The zero-order valence-electron chi connectivity index (χ0n) is 20.4. The van der Waals surface area contributed by atoms with Crippen LogP contribution in [0.4, 0.5) is 0 Å². The van der Waals surface area contributed by atoms with Crippen molar-refractivity contribution in [1.29, 1.82) is 0 Å². The van der Waals surface area contributed by atoms with Crippen molar-refractivity contribution in [2.75, 3.05) is 0 Å². The van der Waals surface area contributed by atoms with Crippen LogP contribution in [0, 0.1) is 5.92 Å². The Balaban J connectivity index is 2.05. The van der Waals surface area contributed by atoms with Crippen LogP contribution in [0.3, 0.4) is 0 Å². The zero-order chi connectivity index (χ0) is 26.0. The van der Waals surface area contributed by atoms with E-state index in [0.717, 1.165) is 11.1 Å². The van der Waals surface area contributed by atoms with Crippen molar-refractivity contribution in [2.24, 2.45) is 5.92 Å². The van der Waals surface area contributed by atoms with Crippen LogP contribution in [0.1, 0.15) is 38.8 Å². The maximum Gasteiger partial charge on any atom is 0.325 e. The van der Waals surface area contributed by atoms with Gasteiger partial charge in [0, 0.05) is 13.3 Å². The minimum absolute atomic E-state index is 0.197. The van der Waals surface area contributed by atoms with E-state index < -0.39 is 41.8 Å². The van der Waals surface area contributed by atoms with E-state index in [-0.39, 0.29) is 12.3 Å². The second kappa shape index (κ2) is 13.1. The SMILES string of the molecule is CC(=O)NC(Cc1ccc(OCc2ccccc2)cc1)C(=O)N[C@@H](C(=O)N[C@H](C)C(=O)O)C(C)C. The molecule has 3 amide bonds. The number of hydrogen-bond donors (Lipinski definition) is 4. The van der Waals surface area contributed by atoms with Gasteiger partial charge in [-0.05, 0) is 36.1 Å². The highest BCUT2D eigenvalue weighted by molar-refractivity contribution is 5.93. The minimum atomic E-state index is -1.18. The molecule has 9 nitrogen and oxygen atoms in total. The predicted octanol–water partition coefficient (Wildman–Crippen LogP) is 2.04. The molecule has 0 radical (unpaired) electrons. The fraction of sp³-hybridized carbons (Fsp3) is 0.385. The lowest BCUT2D eigenvalue weighted by atomic mass is 10.0. The summed E-state index contributed by atoms with van der Waals surface area (Å²) in [6, 6.07) is 14.0. The van der Waals surface area contributed by atoms with Crippen molar-refractivity contribution in [3.8, 4) is 5.75 Å². The molecular formula is C26H33N3O6. The van der Waals surface area contributed by atoms with E-state index in [2.05, 4.69) is 16.0 Å². The second-order valence-electron chi connectivity index (χ2n) is 8.67. The van der Waals surface area contributed by atoms with Gasteiger partial charge in [-0.15, -0.1) is 0 Å². The Kier molecular flexibility index (Phi) is 10.3. The fourth-order valence-corrected chi connectivity index (χ4v) is 3.31. The molecule has 0 saturated heterocycles. The van der Waals surface area contributed by atoms with Gasteiger partial charge >= 0.3 is 5.97 Å². The van der Waals surface area contributed by atoms with Crippen molar-refractivity contribution in [2.45, 2.75) is 58.8 Å². The van der Waals surface area contributed by atoms with Gasteiger partial charge in [-0.3, -0.25) is 19.2 Å². The molecule has 2 aromatic carbocycles. The van der Waals surface area contributed by atoms with Gasteiger partial charge in [0.1, 0.15) is 30.5 Å². The molecule has 4 N–H and O–H groups in total. The maximum absolute atomic E-state index is 13.0. The van der Waals surface area contributed by atoms with Crippen LogP contribution in [0.15, 0.2) is 54.6 Å². The molecule has 0 saturated carbocycles. The number of carboxylic acid groups (broad SMARTS) is 1. The molecule has 0 heterocycles. The third-order valence-corrected chi connectivity index (χ3v) is 5.28. The Morgan fingerprint density at radius 3 is 2.00 bits per heavy atom. The Bertz CT molecular complexity index is 1010. The Morgan fingerprint density at radius 1 is 0.829 bits per heavy atom. The van der Waals surface area contributed by atoms with Crippen molar-refractivity contribution in [3.63, 3.8) is 0 Å². The lowest BCUT2D eigenvalue weighted by Crippen LogP contribution is -2.57. The van der Waals surface area contributed by atoms with Gasteiger partial charge in [-0.1, -0.05) is 56.3 Å². The maximum atomic E-state index is 13.0. The first-order chi connectivity index (χ1) is 16.6. The minimum Gasteiger partial charge on any atom is -0.489 e. The number of hydrogen-bond acceptors (Lipinski definition) is 5. The largest absolute Gasteiger partial charge is 0.489 e. The van der Waals surface area contributed by atoms with Crippen molar-refractivity contribution in [3.05, 3.63) is 65.7 Å². The van der Waals surface area contributed by atoms with E-state index in [1.54, 1.807) is 26.0 Å². The highest BCUT2D eigenvalue weighted by Gasteiger charge is 2.30. The van der Waals surface area contributed by atoms with Gasteiger partial charge in [0.2, 0.25) is 17.7 Å². The van der Waals surface area contributed by atoms with Gasteiger partial charge in [0.25, 0.3) is 0 Å². The number of amides is 3. The van der Waals surface area contributed by atoms with Crippen molar-refractivity contribution >= 4 is 23.7 Å². The number of ether oxygens (including phenoxy) is 1. The summed E-state index contributed by atoms with van der Waals surface area (Å²) in [7, 11) is 0. The topological polar surface area (TPSA) is 134 Å². The van der Waals surface area contributed by atoms with Gasteiger partial charge in [0.15, 0.2) is 0 Å². The normalized spacial score (nSPS) is 13.3. The molecule has 0 aliphatic rings. The third-order valence-electron chi connectivity index (χ3n) is 5.28. The summed E-state index contributed by atoms with van der Waals surface area (Å²) < 4.78 is 5.78. The quantitative estimate of drug-likeness (QED) is 0.365. The average Bonchev–Trinajstić information content (AvgIpc) is 2.81. The molecule has 3 atom stereocenters. The summed E-state index contributed by atoms with van der Waals surface area (Å²) in [5, 5.41) is 16.7. The fourth-order valence-electron chi connectivity index (χ4n) is 3.31. The summed E-state index contributed by atoms with van der Waals surface area (Å²) in [6.45, 7) is 6.54. The van der Waals surface area contributed by atoms with E-state index in [0.29, 0.717) is 12.4 Å². The molecule has 0 aliphatic heterocycles. The van der Waals surface area contributed by atoms with Crippen LogP contribution in [-0.4, -0.2) is 46.9 Å². The highest BCUT2D eigenvalue weighted by atomic mass is 16.5. The number of carbonyl (C=O) groups excluding carboxylic acids is 3. The molecule has 2 rings (SSSR count). The molecule has 0 aliphatic carbocycles. The first-order valence-corrected chi connectivity index (χ1v) is 11.4. The van der Waals surface area contributed by atoms with Crippen LogP contribution in [0.25, 0.3) is 0 Å². The molecule has 9 heteroatoms. The lowest BCUT2D eigenvalue weighted by molar-refractivity contribution is -0.142. The third kappa shape index (κ3) is 9.11. The monoisotopic (exact) mass is 483 g/mol. The van der Waals surface area contributed by atoms with Gasteiger partial charge in [-0.2, -0.15) is 0 Å². The molecule has 188 valence electrons. The van der Waals surface area contributed by atoms with Crippen LogP contribution in [0.5, 0.6) is 5.75 Å². The number of nitrogens with one attached hydrogen (secondary N) is 3. The van der Waals surface area contributed by atoms with Crippen LogP contribution in [0.2, 0.25) is 0 Å². The molecule has 0 aromatic heterocycles. The van der Waals surface area contributed by atoms with Crippen LogP contribution in [-0.2, 0) is 32.2 Å².